The highest BCUT2D eigenvalue weighted by Gasteiger charge is 2.19. The number of carbonyl (C=O) groups is 1. The van der Waals surface area contributed by atoms with Crippen molar-refractivity contribution in [3.8, 4) is 11.5 Å². The average Bonchev–Trinajstić information content (AvgIpc) is 2.96. The highest BCUT2D eigenvalue weighted by molar-refractivity contribution is 6.04. The highest BCUT2D eigenvalue weighted by atomic mass is 16.5. The monoisotopic (exact) mass is 333 g/mol. The molecular weight excluding hydrogens is 318 g/mol. The summed E-state index contributed by atoms with van der Waals surface area (Å²) in [6.07, 6.45) is 1.71. The molecule has 0 saturated heterocycles. The Morgan fingerprint density at radius 3 is 2.76 bits per heavy atom. The lowest BCUT2D eigenvalue weighted by Crippen LogP contribution is -2.01. The van der Waals surface area contributed by atoms with Gasteiger partial charge in [-0.05, 0) is 37.3 Å². The van der Waals surface area contributed by atoms with Gasteiger partial charge in [-0.15, -0.1) is 0 Å². The number of ether oxygens (including phenoxy) is 2. The van der Waals surface area contributed by atoms with Gasteiger partial charge < -0.3 is 13.9 Å². The van der Waals surface area contributed by atoms with E-state index in [-0.39, 0.29) is 0 Å². The number of nitrogens with zero attached hydrogens (tertiary/aromatic N) is 1. The number of furan rings is 1. The number of esters is 1. The lowest BCUT2D eigenvalue weighted by molar-refractivity contribution is 0.0600. The van der Waals surface area contributed by atoms with Gasteiger partial charge in [-0.25, -0.2) is 4.79 Å². The molecule has 2 heterocycles. The molecule has 0 unspecified atom stereocenters. The Morgan fingerprint density at radius 2 is 1.92 bits per heavy atom. The zero-order chi connectivity index (χ0) is 17.4. The first-order chi connectivity index (χ1) is 12.2. The van der Waals surface area contributed by atoms with Crippen LogP contribution in [0.25, 0.3) is 21.9 Å². The van der Waals surface area contributed by atoms with Gasteiger partial charge in [0.1, 0.15) is 28.4 Å². The number of aromatic nitrogens is 1. The first kappa shape index (κ1) is 15.2. The molecule has 0 spiro atoms. The zero-order valence-corrected chi connectivity index (χ0v) is 13.8. The van der Waals surface area contributed by atoms with E-state index in [0.717, 1.165) is 10.9 Å². The van der Waals surface area contributed by atoms with Crippen molar-refractivity contribution in [2.75, 3.05) is 7.11 Å². The third kappa shape index (κ3) is 2.59. The number of hydrogen-bond acceptors (Lipinski definition) is 5. The second-order valence-electron chi connectivity index (χ2n) is 5.61. The zero-order valence-electron chi connectivity index (χ0n) is 13.8. The fourth-order valence-corrected chi connectivity index (χ4v) is 2.90. The van der Waals surface area contributed by atoms with Crippen LogP contribution >= 0.6 is 0 Å². The van der Waals surface area contributed by atoms with Crippen LogP contribution in [0.15, 0.2) is 59.1 Å². The second-order valence-corrected chi connectivity index (χ2v) is 5.61. The Hall–Kier alpha value is -3.34. The van der Waals surface area contributed by atoms with Crippen LogP contribution in [0.3, 0.4) is 0 Å². The molecule has 124 valence electrons. The lowest BCUT2D eigenvalue weighted by Gasteiger charge is -2.08. The maximum absolute atomic E-state index is 11.9. The van der Waals surface area contributed by atoms with Crippen molar-refractivity contribution in [2.24, 2.45) is 0 Å². The van der Waals surface area contributed by atoms with Crippen molar-refractivity contribution < 1.29 is 18.7 Å². The fraction of sp³-hybridized carbons (Fsp3) is 0.100. The van der Waals surface area contributed by atoms with E-state index in [0.29, 0.717) is 33.8 Å². The summed E-state index contributed by atoms with van der Waals surface area (Å²) >= 11 is 0. The van der Waals surface area contributed by atoms with E-state index < -0.39 is 5.97 Å². The van der Waals surface area contributed by atoms with Crippen molar-refractivity contribution in [3.05, 3.63) is 66.1 Å². The minimum Gasteiger partial charge on any atom is -0.465 e. The smallest absolute Gasteiger partial charge is 0.342 e. The number of methoxy groups -OCH3 is 1. The van der Waals surface area contributed by atoms with Gasteiger partial charge in [-0.2, -0.15) is 0 Å². The van der Waals surface area contributed by atoms with Crippen LogP contribution in [0, 0.1) is 6.92 Å². The molecule has 4 aromatic rings. The molecule has 0 aliphatic rings. The van der Waals surface area contributed by atoms with Crippen LogP contribution in [-0.2, 0) is 4.74 Å². The molecule has 0 radical (unpaired) electrons. The Labute approximate surface area is 143 Å². The molecule has 5 nitrogen and oxygen atoms in total. The molecule has 0 bridgehead atoms. The number of rotatable bonds is 3. The number of benzene rings is 2. The minimum absolute atomic E-state index is 0.412. The van der Waals surface area contributed by atoms with Crippen molar-refractivity contribution in [1.82, 2.24) is 4.98 Å². The summed E-state index contributed by atoms with van der Waals surface area (Å²) in [6, 6.07) is 15.0. The predicted octanol–water partition coefficient (Wildman–Crippen LogP) is 4.87. The van der Waals surface area contributed by atoms with E-state index in [1.54, 1.807) is 31.3 Å². The number of hydrogen-bond donors (Lipinski definition) is 0. The van der Waals surface area contributed by atoms with Crippen LogP contribution in [-0.4, -0.2) is 18.1 Å². The Morgan fingerprint density at radius 1 is 1.08 bits per heavy atom. The van der Waals surface area contributed by atoms with Gasteiger partial charge in [0.15, 0.2) is 0 Å². The van der Waals surface area contributed by atoms with Crippen LogP contribution in [0.1, 0.15) is 16.1 Å². The van der Waals surface area contributed by atoms with E-state index in [1.165, 1.54) is 7.11 Å². The van der Waals surface area contributed by atoms with Gasteiger partial charge in [0.05, 0.1) is 12.6 Å². The molecule has 0 saturated carbocycles. The first-order valence-electron chi connectivity index (χ1n) is 7.80. The molecule has 0 atom stereocenters. The van der Waals surface area contributed by atoms with Crippen molar-refractivity contribution in [3.63, 3.8) is 0 Å². The summed E-state index contributed by atoms with van der Waals surface area (Å²) in [4.78, 5) is 16.2. The summed E-state index contributed by atoms with van der Waals surface area (Å²) in [5.41, 5.74) is 1.88. The largest absolute Gasteiger partial charge is 0.465 e. The standard InChI is InChI=1S/C20H15NO4/c1-12-19(20(22)23-2)15-8-7-13(11-18(15)24-12)25-17-9-10-21-16-6-4-3-5-14(16)17/h3-11H,1-2H3. The Bertz CT molecular complexity index is 1090. The van der Waals surface area contributed by atoms with E-state index in [2.05, 4.69) is 4.98 Å². The van der Waals surface area contributed by atoms with Crippen LogP contribution < -0.4 is 4.74 Å². The van der Waals surface area contributed by atoms with Gasteiger partial charge >= 0.3 is 5.97 Å². The van der Waals surface area contributed by atoms with E-state index in [4.69, 9.17) is 13.9 Å². The molecule has 5 heteroatoms. The molecular formula is C20H15NO4. The number of fused-ring (bicyclic) bond motifs is 2. The maximum Gasteiger partial charge on any atom is 0.342 e. The average molecular weight is 333 g/mol. The molecule has 0 aliphatic heterocycles. The predicted molar refractivity (Wildman–Crippen MR) is 94.1 cm³/mol. The molecule has 2 aromatic heterocycles. The number of para-hydroxylation sites is 1. The molecule has 25 heavy (non-hydrogen) atoms. The fourth-order valence-electron chi connectivity index (χ4n) is 2.90. The molecule has 0 N–H and O–H groups in total. The van der Waals surface area contributed by atoms with Gasteiger partial charge in [-0.3, -0.25) is 4.98 Å². The van der Waals surface area contributed by atoms with Crippen LogP contribution in [0.4, 0.5) is 0 Å². The SMILES string of the molecule is COC(=O)c1c(C)oc2cc(Oc3ccnc4ccccc34)ccc12. The number of carbonyl (C=O) groups excluding carboxylic acids is 1. The normalized spacial score (nSPS) is 11.0. The van der Waals surface area contributed by atoms with Crippen molar-refractivity contribution in [1.29, 1.82) is 0 Å². The summed E-state index contributed by atoms with van der Waals surface area (Å²) in [5.74, 6) is 1.44. The van der Waals surface area contributed by atoms with Crippen molar-refractivity contribution >= 4 is 27.8 Å². The summed E-state index contributed by atoms with van der Waals surface area (Å²) in [5, 5.41) is 1.63. The first-order valence-corrected chi connectivity index (χ1v) is 7.80. The molecule has 0 aliphatic carbocycles. The van der Waals surface area contributed by atoms with Gasteiger partial charge in [-0.1, -0.05) is 12.1 Å². The Kier molecular flexibility index (Phi) is 3.61. The molecule has 2 aromatic carbocycles. The summed E-state index contributed by atoms with van der Waals surface area (Å²) in [6.45, 7) is 1.74. The topological polar surface area (TPSA) is 61.6 Å². The van der Waals surface area contributed by atoms with Gasteiger partial charge in [0.2, 0.25) is 0 Å². The van der Waals surface area contributed by atoms with Crippen LogP contribution in [0.5, 0.6) is 11.5 Å². The van der Waals surface area contributed by atoms with Crippen molar-refractivity contribution in [2.45, 2.75) is 6.92 Å². The highest BCUT2D eigenvalue weighted by Crippen LogP contribution is 2.33. The Balaban J connectivity index is 1.76. The van der Waals surface area contributed by atoms with Gasteiger partial charge in [0, 0.05) is 23.0 Å². The maximum atomic E-state index is 11.9. The van der Waals surface area contributed by atoms with Crippen LogP contribution in [0.2, 0.25) is 0 Å². The van der Waals surface area contributed by atoms with E-state index in [1.807, 2.05) is 30.3 Å². The lowest BCUT2D eigenvalue weighted by atomic mass is 10.1. The number of aryl methyl sites for hydroxylation is 1. The molecule has 0 fully saturated rings. The van der Waals surface area contributed by atoms with E-state index >= 15 is 0 Å². The van der Waals surface area contributed by atoms with Gasteiger partial charge in [0.25, 0.3) is 0 Å². The number of pyridine rings is 1. The second kappa shape index (κ2) is 5.94. The minimum atomic E-state index is -0.412. The third-order valence-electron chi connectivity index (χ3n) is 4.06. The molecule has 4 rings (SSSR count). The summed E-state index contributed by atoms with van der Waals surface area (Å²) < 4.78 is 16.5. The quantitative estimate of drug-likeness (QED) is 0.501. The third-order valence-corrected chi connectivity index (χ3v) is 4.06. The molecule has 0 amide bonds. The van der Waals surface area contributed by atoms with E-state index in [9.17, 15) is 4.79 Å². The summed E-state index contributed by atoms with van der Waals surface area (Å²) in [7, 11) is 1.35.